The summed E-state index contributed by atoms with van der Waals surface area (Å²) >= 11 is 0. The molecule has 0 fully saturated rings. The first-order chi connectivity index (χ1) is 8.29. The molecule has 2 aromatic carbocycles. The quantitative estimate of drug-likeness (QED) is 0.725. The molecule has 0 saturated heterocycles. The third-order valence-electron chi connectivity index (χ3n) is 2.59. The molecule has 2 rings (SSSR count). The SMILES string of the molecule is C/N=C(\C)c1ccc(Oc2ccccc2)cc1. The lowest BCUT2D eigenvalue weighted by Crippen LogP contribution is -1.93. The summed E-state index contributed by atoms with van der Waals surface area (Å²) < 4.78 is 5.71. The number of rotatable bonds is 3. The summed E-state index contributed by atoms with van der Waals surface area (Å²) in [5, 5.41) is 0. The number of hydrogen-bond acceptors (Lipinski definition) is 2. The first kappa shape index (κ1) is 11.4. The van der Waals surface area contributed by atoms with Crippen LogP contribution in [0.4, 0.5) is 0 Å². The van der Waals surface area contributed by atoms with Crippen molar-refractivity contribution < 1.29 is 4.74 Å². The number of para-hydroxylation sites is 1. The molecule has 86 valence electrons. The fourth-order valence-corrected chi connectivity index (χ4v) is 1.52. The maximum Gasteiger partial charge on any atom is 0.127 e. The van der Waals surface area contributed by atoms with Gasteiger partial charge in [0.25, 0.3) is 0 Å². The lowest BCUT2D eigenvalue weighted by Gasteiger charge is -2.06. The second-order valence-corrected chi connectivity index (χ2v) is 3.75. The zero-order valence-electron chi connectivity index (χ0n) is 10.1. The van der Waals surface area contributed by atoms with E-state index in [9.17, 15) is 0 Å². The van der Waals surface area contributed by atoms with Crippen molar-refractivity contribution in [2.75, 3.05) is 7.05 Å². The predicted molar refractivity (Wildman–Crippen MR) is 71.1 cm³/mol. The average molecular weight is 225 g/mol. The van der Waals surface area contributed by atoms with Crippen molar-refractivity contribution in [2.45, 2.75) is 6.92 Å². The number of aliphatic imine (C=N–C) groups is 1. The van der Waals surface area contributed by atoms with Crippen molar-refractivity contribution in [3.05, 3.63) is 60.2 Å². The minimum absolute atomic E-state index is 0.837. The Labute approximate surface area is 102 Å². The van der Waals surface area contributed by atoms with E-state index in [1.165, 1.54) is 0 Å². The molecule has 0 aliphatic heterocycles. The van der Waals surface area contributed by atoms with E-state index in [2.05, 4.69) is 4.99 Å². The third-order valence-corrected chi connectivity index (χ3v) is 2.59. The molecule has 17 heavy (non-hydrogen) atoms. The van der Waals surface area contributed by atoms with Crippen molar-refractivity contribution in [3.8, 4) is 11.5 Å². The highest BCUT2D eigenvalue weighted by molar-refractivity contribution is 5.98. The molecule has 0 bridgehead atoms. The summed E-state index contributed by atoms with van der Waals surface area (Å²) in [6.45, 7) is 1.99. The highest BCUT2D eigenvalue weighted by Crippen LogP contribution is 2.21. The molecule has 0 amide bonds. The standard InChI is InChI=1S/C15H15NO/c1-12(16-2)13-8-10-15(11-9-13)17-14-6-4-3-5-7-14/h3-11H,1-2H3/b16-12+. The van der Waals surface area contributed by atoms with Gasteiger partial charge in [0, 0.05) is 12.8 Å². The summed E-state index contributed by atoms with van der Waals surface area (Å²) in [6.07, 6.45) is 0. The Morgan fingerprint density at radius 2 is 1.47 bits per heavy atom. The van der Waals surface area contributed by atoms with E-state index < -0.39 is 0 Å². The van der Waals surface area contributed by atoms with E-state index in [4.69, 9.17) is 4.74 Å². The Morgan fingerprint density at radius 1 is 0.882 bits per heavy atom. The molecule has 0 aliphatic carbocycles. The average Bonchev–Trinajstić information content (AvgIpc) is 2.40. The maximum absolute atomic E-state index is 5.71. The van der Waals surface area contributed by atoms with Crippen molar-refractivity contribution in [1.29, 1.82) is 0 Å². The highest BCUT2D eigenvalue weighted by atomic mass is 16.5. The van der Waals surface area contributed by atoms with Gasteiger partial charge in [0.05, 0.1) is 0 Å². The van der Waals surface area contributed by atoms with Crippen molar-refractivity contribution in [1.82, 2.24) is 0 Å². The van der Waals surface area contributed by atoms with Gasteiger partial charge in [0.1, 0.15) is 11.5 Å². The van der Waals surface area contributed by atoms with Gasteiger partial charge < -0.3 is 4.74 Å². The fraction of sp³-hybridized carbons (Fsp3) is 0.133. The van der Waals surface area contributed by atoms with Crippen molar-refractivity contribution >= 4 is 5.71 Å². The summed E-state index contributed by atoms with van der Waals surface area (Å²) in [7, 11) is 1.80. The van der Waals surface area contributed by atoms with E-state index in [1.54, 1.807) is 7.05 Å². The van der Waals surface area contributed by atoms with E-state index in [0.717, 1.165) is 22.8 Å². The molecule has 0 spiro atoms. The Hall–Kier alpha value is -2.09. The van der Waals surface area contributed by atoms with Gasteiger partial charge in [0.2, 0.25) is 0 Å². The highest BCUT2D eigenvalue weighted by Gasteiger charge is 1.98. The second kappa shape index (κ2) is 5.30. The topological polar surface area (TPSA) is 21.6 Å². The van der Waals surface area contributed by atoms with Gasteiger partial charge in [-0.3, -0.25) is 4.99 Å². The number of nitrogens with zero attached hydrogens (tertiary/aromatic N) is 1. The van der Waals surface area contributed by atoms with E-state index >= 15 is 0 Å². The third kappa shape index (κ3) is 2.94. The minimum Gasteiger partial charge on any atom is -0.457 e. The molecule has 0 atom stereocenters. The van der Waals surface area contributed by atoms with Gasteiger partial charge in [-0.1, -0.05) is 18.2 Å². The molecular formula is C15H15NO. The smallest absolute Gasteiger partial charge is 0.127 e. The molecule has 2 heteroatoms. The van der Waals surface area contributed by atoms with Crippen LogP contribution in [0.2, 0.25) is 0 Å². The predicted octanol–water partition coefficient (Wildman–Crippen LogP) is 3.92. The van der Waals surface area contributed by atoms with Crippen LogP contribution in [-0.4, -0.2) is 12.8 Å². The first-order valence-corrected chi connectivity index (χ1v) is 5.56. The van der Waals surface area contributed by atoms with Crippen molar-refractivity contribution in [3.63, 3.8) is 0 Å². The van der Waals surface area contributed by atoms with Crippen LogP contribution < -0.4 is 4.74 Å². The number of hydrogen-bond donors (Lipinski definition) is 0. The molecule has 0 saturated carbocycles. The van der Waals surface area contributed by atoms with Crippen LogP contribution in [0.1, 0.15) is 12.5 Å². The molecule has 0 aromatic heterocycles. The van der Waals surface area contributed by atoms with Crippen LogP contribution in [0.3, 0.4) is 0 Å². The molecule has 2 nitrogen and oxygen atoms in total. The molecule has 0 radical (unpaired) electrons. The number of ether oxygens (including phenoxy) is 1. The molecule has 0 aliphatic rings. The van der Waals surface area contributed by atoms with Crippen molar-refractivity contribution in [2.24, 2.45) is 4.99 Å². The second-order valence-electron chi connectivity index (χ2n) is 3.75. The lowest BCUT2D eigenvalue weighted by atomic mass is 10.1. The molecule has 2 aromatic rings. The Kier molecular flexibility index (Phi) is 3.55. The van der Waals surface area contributed by atoms with Gasteiger partial charge in [0.15, 0.2) is 0 Å². The summed E-state index contributed by atoms with van der Waals surface area (Å²) in [6, 6.07) is 17.7. The normalized spacial score (nSPS) is 11.3. The molecule has 0 heterocycles. The molecule has 0 unspecified atom stereocenters. The molecular weight excluding hydrogens is 210 g/mol. The van der Waals surface area contributed by atoms with Gasteiger partial charge in [-0.15, -0.1) is 0 Å². The Morgan fingerprint density at radius 3 is 2.06 bits per heavy atom. The van der Waals surface area contributed by atoms with E-state index in [1.807, 2.05) is 61.5 Å². The van der Waals surface area contributed by atoms with Crippen LogP contribution >= 0.6 is 0 Å². The number of benzene rings is 2. The van der Waals surface area contributed by atoms with Crippen LogP contribution in [0, 0.1) is 0 Å². The minimum atomic E-state index is 0.837. The van der Waals surface area contributed by atoms with Gasteiger partial charge >= 0.3 is 0 Å². The summed E-state index contributed by atoms with van der Waals surface area (Å²) in [5.74, 6) is 1.69. The summed E-state index contributed by atoms with van der Waals surface area (Å²) in [5.41, 5.74) is 2.14. The lowest BCUT2D eigenvalue weighted by molar-refractivity contribution is 0.482. The van der Waals surface area contributed by atoms with Gasteiger partial charge in [-0.2, -0.15) is 0 Å². The summed E-state index contributed by atoms with van der Waals surface area (Å²) in [4.78, 5) is 4.15. The zero-order valence-corrected chi connectivity index (χ0v) is 10.1. The van der Waals surface area contributed by atoms with Crippen LogP contribution in [-0.2, 0) is 0 Å². The van der Waals surface area contributed by atoms with E-state index in [-0.39, 0.29) is 0 Å². The Bertz CT molecular complexity index is 500. The fourth-order valence-electron chi connectivity index (χ4n) is 1.52. The zero-order chi connectivity index (χ0) is 12.1. The monoisotopic (exact) mass is 225 g/mol. The largest absolute Gasteiger partial charge is 0.457 e. The Balaban J connectivity index is 2.14. The van der Waals surface area contributed by atoms with Gasteiger partial charge in [-0.05, 0) is 48.9 Å². The van der Waals surface area contributed by atoms with Crippen LogP contribution in [0.5, 0.6) is 11.5 Å². The van der Waals surface area contributed by atoms with Crippen LogP contribution in [0.15, 0.2) is 59.6 Å². The van der Waals surface area contributed by atoms with Crippen LogP contribution in [0.25, 0.3) is 0 Å². The molecule has 0 N–H and O–H groups in total. The maximum atomic E-state index is 5.71. The van der Waals surface area contributed by atoms with E-state index in [0.29, 0.717) is 0 Å². The first-order valence-electron chi connectivity index (χ1n) is 5.56. The van der Waals surface area contributed by atoms with Gasteiger partial charge in [-0.25, -0.2) is 0 Å².